The molecule has 1 atom stereocenters. The Bertz CT molecular complexity index is 705. The molecule has 0 unspecified atom stereocenters. The molecule has 0 aliphatic rings. The Morgan fingerprint density at radius 1 is 1.43 bits per heavy atom. The van der Waals surface area contributed by atoms with Crippen LogP contribution in [0.3, 0.4) is 0 Å². The van der Waals surface area contributed by atoms with Crippen molar-refractivity contribution in [1.82, 2.24) is 15.5 Å². The van der Waals surface area contributed by atoms with E-state index in [0.29, 0.717) is 5.75 Å². The summed E-state index contributed by atoms with van der Waals surface area (Å²) in [6, 6.07) is 3.25. The third-order valence-electron chi connectivity index (χ3n) is 2.88. The second kappa shape index (κ2) is 6.64. The highest BCUT2D eigenvalue weighted by molar-refractivity contribution is 5.84. The van der Waals surface area contributed by atoms with Gasteiger partial charge in [-0.25, -0.2) is 4.79 Å². The molecule has 23 heavy (non-hydrogen) atoms. The first-order valence-electron chi connectivity index (χ1n) is 7.22. The van der Waals surface area contributed by atoms with Gasteiger partial charge < -0.3 is 14.8 Å². The summed E-state index contributed by atoms with van der Waals surface area (Å²) in [5.74, 6) is 0.329. The quantitative estimate of drug-likeness (QED) is 0.823. The minimum atomic E-state index is -0.561. The zero-order chi connectivity index (χ0) is 17.0. The summed E-state index contributed by atoms with van der Waals surface area (Å²) < 4.78 is 10.8. The van der Waals surface area contributed by atoms with Crippen LogP contribution in [0.1, 0.15) is 27.7 Å². The molecule has 0 fully saturated rings. The highest BCUT2D eigenvalue weighted by Crippen LogP contribution is 2.32. The normalized spacial score (nSPS) is 12.7. The Labute approximate surface area is 133 Å². The Morgan fingerprint density at radius 2 is 2.17 bits per heavy atom. The van der Waals surface area contributed by atoms with E-state index >= 15 is 0 Å². The number of nitrogens with one attached hydrogen (secondary N) is 2. The van der Waals surface area contributed by atoms with Gasteiger partial charge in [-0.1, -0.05) is 0 Å². The maximum Gasteiger partial charge on any atom is 0.407 e. The van der Waals surface area contributed by atoms with Gasteiger partial charge in [0.1, 0.15) is 11.7 Å². The van der Waals surface area contributed by atoms with Crippen LogP contribution < -0.4 is 10.1 Å². The number of nitrogens with zero attached hydrogens (tertiary/aromatic N) is 2. The van der Waals surface area contributed by atoms with Crippen LogP contribution in [0.4, 0.5) is 10.5 Å². The predicted octanol–water partition coefficient (Wildman–Crippen LogP) is 3.25. The van der Waals surface area contributed by atoms with E-state index in [4.69, 9.17) is 9.47 Å². The number of rotatable bonds is 5. The van der Waals surface area contributed by atoms with Crippen molar-refractivity contribution in [3.63, 3.8) is 0 Å². The first kappa shape index (κ1) is 16.7. The van der Waals surface area contributed by atoms with Gasteiger partial charge in [-0.2, -0.15) is 5.10 Å². The number of hydrogen-bond acceptors (Lipinski definition) is 6. The van der Waals surface area contributed by atoms with Crippen LogP contribution in [0, 0.1) is 4.91 Å². The van der Waals surface area contributed by atoms with Gasteiger partial charge >= 0.3 is 6.09 Å². The first-order chi connectivity index (χ1) is 10.8. The molecule has 0 aliphatic carbocycles. The highest BCUT2D eigenvalue weighted by Gasteiger charge is 2.17. The lowest BCUT2D eigenvalue weighted by Gasteiger charge is -2.21. The number of aromatic amines is 1. The predicted molar refractivity (Wildman–Crippen MR) is 85.9 cm³/mol. The molecule has 0 radical (unpaired) electrons. The van der Waals surface area contributed by atoms with Crippen LogP contribution in [0.5, 0.6) is 5.75 Å². The molecule has 1 amide bonds. The summed E-state index contributed by atoms with van der Waals surface area (Å²) in [5, 5.41) is 13.0. The lowest BCUT2D eigenvalue weighted by Crippen LogP contribution is -2.37. The van der Waals surface area contributed by atoms with Gasteiger partial charge in [-0.3, -0.25) is 5.10 Å². The summed E-state index contributed by atoms with van der Waals surface area (Å²) in [5.41, 5.74) is 0.358. The fraction of sp³-hybridized carbons (Fsp3) is 0.467. The van der Waals surface area contributed by atoms with Crippen molar-refractivity contribution in [2.45, 2.75) is 39.4 Å². The molecule has 0 aliphatic heterocycles. The number of nitroso groups, excluding NO2 is 1. The average Bonchev–Trinajstić information content (AvgIpc) is 2.89. The number of carbonyl (C=O) groups excluding carboxylic acids is 1. The number of H-pyrrole nitrogens is 1. The number of amides is 1. The standard InChI is InChI=1S/C15H20N4O4/c1-9(7-16-14(20)23-15(2,3)4)22-13-6-11-10(8-17-18-11)5-12(13)19-21/h5-6,8-9H,7H2,1-4H3,(H,16,20)(H,17,18)/t9-/m0/s1. The van der Waals surface area contributed by atoms with Crippen molar-refractivity contribution in [1.29, 1.82) is 0 Å². The van der Waals surface area contributed by atoms with Crippen molar-refractivity contribution in [3.05, 3.63) is 23.2 Å². The molecule has 1 heterocycles. The van der Waals surface area contributed by atoms with Crippen molar-refractivity contribution < 1.29 is 14.3 Å². The Hall–Kier alpha value is -2.64. The van der Waals surface area contributed by atoms with Crippen LogP contribution in [-0.4, -0.2) is 34.5 Å². The number of benzene rings is 1. The molecular weight excluding hydrogens is 300 g/mol. The fourth-order valence-corrected chi connectivity index (χ4v) is 1.92. The number of hydrogen-bond donors (Lipinski definition) is 2. The smallest absolute Gasteiger partial charge is 0.407 e. The van der Waals surface area contributed by atoms with Crippen LogP contribution in [-0.2, 0) is 4.74 Å². The molecular formula is C15H20N4O4. The van der Waals surface area contributed by atoms with E-state index in [9.17, 15) is 9.70 Å². The number of ether oxygens (including phenoxy) is 2. The minimum absolute atomic E-state index is 0.183. The fourth-order valence-electron chi connectivity index (χ4n) is 1.92. The summed E-state index contributed by atoms with van der Waals surface area (Å²) in [7, 11) is 0. The van der Waals surface area contributed by atoms with Crippen LogP contribution in [0.15, 0.2) is 23.5 Å². The van der Waals surface area contributed by atoms with Crippen LogP contribution in [0.25, 0.3) is 10.9 Å². The van der Waals surface area contributed by atoms with Gasteiger partial charge in [-0.15, -0.1) is 4.91 Å². The number of carbonyl (C=O) groups is 1. The van der Waals surface area contributed by atoms with E-state index in [1.54, 1.807) is 46.0 Å². The lowest BCUT2D eigenvalue weighted by molar-refractivity contribution is 0.0505. The monoisotopic (exact) mass is 320 g/mol. The van der Waals surface area contributed by atoms with Crippen molar-refractivity contribution in [3.8, 4) is 5.75 Å². The van der Waals surface area contributed by atoms with E-state index in [1.807, 2.05) is 0 Å². The second-order valence-electron chi connectivity index (χ2n) is 6.18. The third kappa shape index (κ3) is 4.67. The van der Waals surface area contributed by atoms with E-state index in [-0.39, 0.29) is 18.3 Å². The SMILES string of the molecule is C[C@@H](CNC(=O)OC(C)(C)C)Oc1cc2[nH]ncc2cc1N=O. The van der Waals surface area contributed by atoms with Crippen molar-refractivity contribution in [2.75, 3.05) is 6.54 Å². The second-order valence-corrected chi connectivity index (χ2v) is 6.18. The van der Waals surface area contributed by atoms with Crippen LogP contribution >= 0.6 is 0 Å². The highest BCUT2D eigenvalue weighted by atomic mass is 16.6. The van der Waals surface area contributed by atoms with E-state index < -0.39 is 11.7 Å². The summed E-state index contributed by atoms with van der Waals surface area (Å²) in [6.45, 7) is 7.35. The molecule has 0 saturated heterocycles. The molecule has 124 valence electrons. The van der Waals surface area contributed by atoms with E-state index in [2.05, 4.69) is 20.7 Å². The molecule has 0 saturated carbocycles. The molecule has 8 heteroatoms. The average molecular weight is 320 g/mol. The van der Waals surface area contributed by atoms with Gasteiger partial charge in [0.05, 0.1) is 18.3 Å². The molecule has 1 aromatic carbocycles. The number of fused-ring (bicyclic) bond motifs is 1. The van der Waals surface area contributed by atoms with Gasteiger partial charge in [0.25, 0.3) is 0 Å². The molecule has 1 aromatic heterocycles. The maximum absolute atomic E-state index is 11.6. The van der Waals surface area contributed by atoms with Gasteiger partial charge in [-0.05, 0) is 38.9 Å². The summed E-state index contributed by atoms with van der Waals surface area (Å²) in [4.78, 5) is 22.6. The van der Waals surface area contributed by atoms with Crippen molar-refractivity contribution in [2.24, 2.45) is 5.18 Å². The van der Waals surface area contributed by atoms with Crippen LogP contribution in [0.2, 0.25) is 0 Å². The first-order valence-corrected chi connectivity index (χ1v) is 7.22. The molecule has 2 rings (SSSR count). The Kier molecular flexibility index (Phi) is 4.83. The number of alkyl carbamates (subject to hydrolysis) is 1. The summed E-state index contributed by atoms with van der Waals surface area (Å²) >= 11 is 0. The van der Waals surface area contributed by atoms with E-state index in [0.717, 1.165) is 10.9 Å². The largest absolute Gasteiger partial charge is 0.486 e. The molecule has 2 aromatic rings. The third-order valence-corrected chi connectivity index (χ3v) is 2.88. The van der Waals surface area contributed by atoms with Crippen molar-refractivity contribution >= 4 is 22.7 Å². The molecule has 0 spiro atoms. The van der Waals surface area contributed by atoms with E-state index in [1.165, 1.54) is 0 Å². The van der Waals surface area contributed by atoms with Gasteiger partial charge in [0.15, 0.2) is 11.4 Å². The lowest BCUT2D eigenvalue weighted by atomic mass is 10.2. The Balaban J connectivity index is 1.98. The topological polar surface area (TPSA) is 106 Å². The zero-order valence-electron chi connectivity index (χ0n) is 13.5. The Morgan fingerprint density at radius 3 is 2.83 bits per heavy atom. The maximum atomic E-state index is 11.6. The minimum Gasteiger partial charge on any atom is -0.486 e. The summed E-state index contributed by atoms with van der Waals surface area (Å²) in [6.07, 6.45) is 0.704. The van der Waals surface area contributed by atoms with Gasteiger partial charge in [0, 0.05) is 11.5 Å². The molecule has 0 bridgehead atoms. The number of aromatic nitrogens is 2. The van der Waals surface area contributed by atoms with Gasteiger partial charge in [0.2, 0.25) is 0 Å². The molecule has 2 N–H and O–H groups in total. The molecule has 8 nitrogen and oxygen atoms in total. The zero-order valence-corrected chi connectivity index (χ0v) is 13.5.